The van der Waals surface area contributed by atoms with Crippen LogP contribution in [0.3, 0.4) is 0 Å². The highest BCUT2D eigenvalue weighted by atomic mass is 16.5. The molecular weight excluding hydrogens is 226 g/mol. The van der Waals surface area contributed by atoms with Crippen molar-refractivity contribution in [3.8, 4) is 0 Å². The second kappa shape index (κ2) is 6.03. The van der Waals surface area contributed by atoms with E-state index in [2.05, 4.69) is 24.4 Å². The van der Waals surface area contributed by atoms with Gasteiger partial charge < -0.3 is 14.5 Å². The minimum absolute atomic E-state index is 0.245. The Bertz CT molecular complexity index is 459. The first-order valence-electron chi connectivity index (χ1n) is 6.43. The Morgan fingerprint density at radius 2 is 2.06 bits per heavy atom. The topological polar surface area (TPSA) is 34.4 Å². The summed E-state index contributed by atoms with van der Waals surface area (Å²) in [6.45, 7) is 2.09. The number of nitrogens with one attached hydrogen (secondary N) is 1. The molecule has 0 aliphatic rings. The molecule has 0 radical (unpaired) electrons. The van der Waals surface area contributed by atoms with Crippen LogP contribution in [-0.2, 0) is 4.74 Å². The van der Waals surface area contributed by atoms with Gasteiger partial charge in [0.15, 0.2) is 0 Å². The maximum Gasteiger partial charge on any atom is 0.134 e. The van der Waals surface area contributed by atoms with Gasteiger partial charge in [0, 0.05) is 12.5 Å². The molecule has 1 aromatic heterocycles. The van der Waals surface area contributed by atoms with Crippen LogP contribution in [0, 0.1) is 0 Å². The molecule has 0 aliphatic carbocycles. The van der Waals surface area contributed by atoms with Crippen molar-refractivity contribution in [2.75, 3.05) is 14.2 Å². The molecule has 0 aliphatic heterocycles. The molecule has 3 nitrogen and oxygen atoms in total. The average Bonchev–Trinajstić information content (AvgIpc) is 2.82. The molecule has 1 N–H and O–H groups in total. The predicted octanol–water partition coefficient (Wildman–Crippen LogP) is 3.51. The summed E-state index contributed by atoms with van der Waals surface area (Å²) in [6, 6.07) is 10.5. The standard InChI is InChI=1S/C15H21NO2/c1-11(17-3)8-9-13(16-2)15-10-12-6-4-5-7-14(12)18-15/h4-7,10-11,13,16H,8-9H2,1-3H3. The van der Waals surface area contributed by atoms with Crippen LogP contribution in [0.2, 0.25) is 0 Å². The largest absolute Gasteiger partial charge is 0.459 e. The van der Waals surface area contributed by atoms with Crippen molar-refractivity contribution >= 4 is 11.0 Å². The van der Waals surface area contributed by atoms with E-state index < -0.39 is 0 Å². The molecule has 0 saturated carbocycles. The first-order valence-corrected chi connectivity index (χ1v) is 6.43. The van der Waals surface area contributed by atoms with E-state index in [1.807, 2.05) is 25.2 Å². The van der Waals surface area contributed by atoms with Crippen molar-refractivity contribution in [1.29, 1.82) is 0 Å². The third kappa shape index (κ3) is 2.92. The van der Waals surface area contributed by atoms with Gasteiger partial charge in [-0.15, -0.1) is 0 Å². The summed E-state index contributed by atoms with van der Waals surface area (Å²) in [5.74, 6) is 1.00. The molecule has 1 heterocycles. The second-order valence-corrected chi connectivity index (χ2v) is 4.65. The lowest BCUT2D eigenvalue weighted by molar-refractivity contribution is 0.105. The van der Waals surface area contributed by atoms with Gasteiger partial charge in [-0.25, -0.2) is 0 Å². The Morgan fingerprint density at radius 3 is 2.72 bits per heavy atom. The lowest BCUT2D eigenvalue weighted by atomic mass is 10.1. The average molecular weight is 247 g/mol. The summed E-state index contributed by atoms with van der Waals surface area (Å²) >= 11 is 0. The number of hydrogen-bond acceptors (Lipinski definition) is 3. The number of para-hydroxylation sites is 1. The lowest BCUT2D eigenvalue weighted by Gasteiger charge is -2.16. The number of furan rings is 1. The number of ether oxygens (including phenoxy) is 1. The van der Waals surface area contributed by atoms with Gasteiger partial charge >= 0.3 is 0 Å². The second-order valence-electron chi connectivity index (χ2n) is 4.65. The van der Waals surface area contributed by atoms with Crippen molar-refractivity contribution in [1.82, 2.24) is 5.32 Å². The Hall–Kier alpha value is -1.32. The van der Waals surface area contributed by atoms with E-state index in [1.165, 1.54) is 0 Å². The van der Waals surface area contributed by atoms with Crippen LogP contribution in [-0.4, -0.2) is 20.3 Å². The van der Waals surface area contributed by atoms with Crippen LogP contribution < -0.4 is 5.32 Å². The SMILES string of the molecule is CNC(CCC(C)OC)c1cc2ccccc2o1. The van der Waals surface area contributed by atoms with Gasteiger partial charge in [-0.3, -0.25) is 0 Å². The van der Waals surface area contributed by atoms with Crippen LogP contribution in [0.5, 0.6) is 0 Å². The molecule has 2 rings (SSSR count). The maximum absolute atomic E-state index is 5.88. The third-order valence-corrected chi connectivity index (χ3v) is 3.40. The summed E-state index contributed by atoms with van der Waals surface area (Å²) < 4.78 is 11.2. The van der Waals surface area contributed by atoms with E-state index in [4.69, 9.17) is 9.15 Å². The van der Waals surface area contributed by atoms with Crippen molar-refractivity contribution < 1.29 is 9.15 Å². The Labute approximate surface area is 108 Å². The Kier molecular flexibility index (Phi) is 4.39. The fraction of sp³-hybridized carbons (Fsp3) is 0.467. The molecule has 98 valence electrons. The summed E-state index contributed by atoms with van der Waals surface area (Å²) in [5, 5.41) is 4.47. The Morgan fingerprint density at radius 1 is 1.28 bits per heavy atom. The highest BCUT2D eigenvalue weighted by Crippen LogP contribution is 2.26. The number of benzene rings is 1. The van der Waals surface area contributed by atoms with Crippen LogP contribution in [0.4, 0.5) is 0 Å². The van der Waals surface area contributed by atoms with Gasteiger partial charge in [0.05, 0.1) is 12.1 Å². The first-order chi connectivity index (χ1) is 8.74. The molecule has 0 fully saturated rings. The van der Waals surface area contributed by atoms with Crippen LogP contribution in [0.25, 0.3) is 11.0 Å². The fourth-order valence-corrected chi connectivity index (χ4v) is 2.12. The smallest absolute Gasteiger partial charge is 0.134 e. The number of fused-ring (bicyclic) bond motifs is 1. The molecule has 1 aromatic carbocycles. The van der Waals surface area contributed by atoms with Crippen LogP contribution in [0.1, 0.15) is 31.6 Å². The molecular formula is C15H21NO2. The predicted molar refractivity (Wildman–Crippen MR) is 73.7 cm³/mol. The number of rotatable bonds is 6. The first kappa shape index (κ1) is 13.1. The van der Waals surface area contributed by atoms with Crippen LogP contribution in [0.15, 0.2) is 34.7 Å². The Balaban J connectivity index is 2.11. The zero-order valence-electron chi connectivity index (χ0n) is 11.3. The van der Waals surface area contributed by atoms with Crippen molar-refractivity contribution in [3.63, 3.8) is 0 Å². The maximum atomic E-state index is 5.88. The van der Waals surface area contributed by atoms with Crippen molar-refractivity contribution in [3.05, 3.63) is 36.1 Å². The monoisotopic (exact) mass is 247 g/mol. The number of hydrogen-bond donors (Lipinski definition) is 1. The van der Waals surface area contributed by atoms with E-state index >= 15 is 0 Å². The van der Waals surface area contributed by atoms with Crippen molar-refractivity contribution in [2.24, 2.45) is 0 Å². The summed E-state index contributed by atoms with van der Waals surface area (Å²) in [5.41, 5.74) is 0.951. The molecule has 2 aromatic rings. The fourth-order valence-electron chi connectivity index (χ4n) is 2.12. The van der Waals surface area contributed by atoms with E-state index in [1.54, 1.807) is 7.11 Å². The zero-order valence-corrected chi connectivity index (χ0v) is 11.3. The normalized spacial score (nSPS) is 14.8. The van der Waals surface area contributed by atoms with E-state index in [9.17, 15) is 0 Å². The minimum atomic E-state index is 0.245. The highest BCUT2D eigenvalue weighted by molar-refractivity contribution is 5.77. The van der Waals surface area contributed by atoms with Gasteiger partial charge in [0.1, 0.15) is 11.3 Å². The third-order valence-electron chi connectivity index (χ3n) is 3.40. The summed E-state index contributed by atoms with van der Waals surface area (Å²) in [6.07, 6.45) is 2.30. The molecule has 2 unspecified atom stereocenters. The van der Waals surface area contributed by atoms with Gasteiger partial charge in [-0.05, 0) is 38.9 Å². The molecule has 0 amide bonds. The van der Waals surface area contributed by atoms with E-state index in [0.717, 1.165) is 29.6 Å². The number of methoxy groups -OCH3 is 1. The highest BCUT2D eigenvalue weighted by Gasteiger charge is 2.15. The molecule has 0 saturated heterocycles. The van der Waals surface area contributed by atoms with E-state index in [0.29, 0.717) is 0 Å². The lowest BCUT2D eigenvalue weighted by Crippen LogP contribution is -2.18. The van der Waals surface area contributed by atoms with Crippen LogP contribution >= 0.6 is 0 Å². The van der Waals surface area contributed by atoms with Gasteiger partial charge in [0.2, 0.25) is 0 Å². The van der Waals surface area contributed by atoms with E-state index in [-0.39, 0.29) is 12.1 Å². The minimum Gasteiger partial charge on any atom is -0.459 e. The summed E-state index contributed by atoms with van der Waals surface area (Å²) in [7, 11) is 3.72. The molecule has 3 heteroatoms. The quantitative estimate of drug-likeness (QED) is 0.848. The van der Waals surface area contributed by atoms with Gasteiger partial charge in [0.25, 0.3) is 0 Å². The molecule has 0 spiro atoms. The van der Waals surface area contributed by atoms with Gasteiger partial charge in [-0.2, -0.15) is 0 Å². The molecule has 18 heavy (non-hydrogen) atoms. The zero-order chi connectivity index (χ0) is 13.0. The molecule has 2 atom stereocenters. The summed E-state index contributed by atoms with van der Waals surface area (Å²) in [4.78, 5) is 0. The van der Waals surface area contributed by atoms with Crippen molar-refractivity contribution in [2.45, 2.75) is 31.9 Å². The molecule has 0 bridgehead atoms. The van der Waals surface area contributed by atoms with Gasteiger partial charge in [-0.1, -0.05) is 18.2 Å².